The van der Waals surface area contributed by atoms with E-state index in [0.717, 1.165) is 6.26 Å². The molecule has 0 saturated carbocycles. The van der Waals surface area contributed by atoms with Gasteiger partial charge in [-0.3, -0.25) is 0 Å². The van der Waals surface area contributed by atoms with Crippen molar-refractivity contribution in [3.05, 3.63) is 42.2 Å². The van der Waals surface area contributed by atoms with Crippen LogP contribution in [-0.4, -0.2) is 71.4 Å². The minimum atomic E-state index is -3.44. The number of sulfonamides is 1. The van der Waals surface area contributed by atoms with Gasteiger partial charge in [0.15, 0.2) is 6.79 Å². The number of methoxy groups -OCH3 is 1. The van der Waals surface area contributed by atoms with E-state index in [4.69, 9.17) is 14.4 Å². The lowest BCUT2D eigenvalue weighted by molar-refractivity contribution is -0.335. The zero-order valence-electron chi connectivity index (χ0n) is 18.0. The van der Waals surface area contributed by atoms with Gasteiger partial charge < -0.3 is 14.2 Å². The number of rotatable bonds is 16. The number of ether oxygens (including phenoxy) is 3. The smallest absolute Gasteiger partial charge is 0.211 e. The maximum atomic E-state index is 13.0. The molecule has 0 spiro atoms. The lowest BCUT2D eigenvalue weighted by atomic mass is 10.1. The van der Waals surface area contributed by atoms with Gasteiger partial charge in [-0.1, -0.05) is 6.58 Å². The Morgan fingerprint density at radius 2 is 1.80 bits per heavy atom. The summed E-state index contributed by atoms with van der Waals surface area (Å²) in [6.07, 6.45) is 1.31. The van der Waals surface area contributed by atoms with Gasteiger partial charge in [0.05, 0.1) is 25.6 Å². The summed E-state index contributed by atoms with van der Waals surface area (Å²) in [5.74, 6) is 0.0629. The molecular weight excluding hydrogens is 417 g/mol. The van der Waals surface area contributed by atoms with Crippen LogP contribution in [0.25, 0.3) is 5.76 Å². The van der Waals surface area contributed by atoms with Crippen LogP contribution >= 0.6 is 0 Å². The molecule has 2 unspecified atom stereocenters. The first kappa shape index (κ1) is 26.5. The third-order valence-electron chi connectivity index (χ3n) is 4.12. The molecule has 0 N–H and O–H groups in total. The fourth-order valence-electron chi connectivity index (χ4n) is 2.80. The third kappa shape index (κ3) is 10.5. The van der Waals surface area contributed by atoms with Crippen molar-refractivity contribution >= 4 is 15.8 Å². The van der Waals surface area contributed by atoms with Crippen LogP contribution in [-0.2, 0) is 34.0 Å². The Hall–Kier alpha value is -1.56. The summed E-state index contributed by atoms with van der Waals surface area (Å²) < 4.78 is 54.6. The Kier molecular flexibility index (Phi) is 12.1. The van der Waals surface area contributed by atoms with Gasteiger partial charge in [0.2, 0.25) is 10.0 Å². The molecule has 0 bridgehead atoms. The van der Waals surface area contributed by atoms with Gasteiger partial charge in [0.1, 0.15) is 18.2 Å². The zero-order chi connectivity index (χ0) is 22.6. The molecule has 0 fully saturated rings. The second-order valence-corrected chi connectivity index (χ2v) is 8.71. The van der Waals surface area contributed by atoms with Gasteiger partial charge in [-0.15, -0.1) is 0 Å². The Balaban J connectivity index is 2.47. The third-order valence-corrected chi connectivity index (χ3v) is 5.51. The number of hydrogen-bond acceptors (Lipinski definition) is 7. The molecule has 0 amide bonds. The standard InChI is InChI=1S/C20H32FNO7S/c1-16(14-17(2)29-18(3)19-6-8-20(21)9-7-19)22(30(5,23)24)10-11-26-12-13-27-28-15-25-4/h6-9,16-17H,3,10-15H2,1-2,4-5H3. The predicted octanol–water partition coefficient (Wildman–Crippen LogP) is 2.81. The van der Waals surface area contributed by atoms with Crippen molar-refractivity contribution in [2.75, 3.05) is 46.5 Å². The molecule has 0 aliphatic carbocycles. The van der Waals surface area contributed by atoms with E-state index in [1.54, 1.807) is 12.1 Å². The van der Waals surface area contributed by atoms with Crippen LogP contribution in [0.3, 0.4) is 0 Å². The number of hydrogen-bond donors (Lipinski definition) is 0. The van der Waals surface area contributed by atoms with Crippen molar-refractivity contribution < 1.29 is 36.8 Å². The van der Waals surface area contributed by atoms with E-state index in [-0.39, 0.29) is 51.1 Å². The first-order valence-electron chi connectivity index (χ1n) is 9.54. The van der Waals surface area contributed by atoms with Crippen molar-refractivity contribution in [3.8, 4) is 0 Å². The largest absolute Gasteiger partial charge is 0.491 e. The van der Waals surface area contributed by atoms with Crippen LogP contribution in [0, 0.1) is 5.82 Å². The van der Waals surface area contributed by atoms with Crippen LogP contribution in [0.5, 0.6) is 0 Å². The minimum Gasteiger partial charge on any atom is -0.491 e. The van der Waals surface area contributed by atoms with E-state index in [9.17, 15) is 12.8 Å². The van der Waals surface area contributed by atoms with E-state index < -0.39 is 10.0 Å². The minimum absolute atomic E-state index is 0.0210. The Labute approximate surface area is 178 Å². The van der Waals surface area contributed by atoms with E-state index in [2.05, 4.69) is 16.2 Å². The van der Waals surface area contributed by atoms with E-state index in [0.29, 0.717) is 17.7 Å². The molecule has 30 heavy (non-hydrogen) atoms. The van der Waals surface area contributed by atoms with Crippen molar-refractivity contribution in [2.45, 2.75) is 32.4 Å². The normalized spacial score (nSPS) is 13.9. The fourth-order valence-corrected chi connectivity index (χ4v) is 3.94. The van der Waals surface area contributed by atoms with Crippen LogP contribution in [0.2, 0.25) is 0 Å². The van der Waals surface area contributed by atoms with E-state index in [1.807, 2.05) is 13.8 Å². The van der Waals surface area contributed by atoms with Crippen molar-refractivity contribution in [1.82, 2.24) is 4.31 Å². The molecule has 0 saturated heterocycles. The molecule has 2 atom stereocenters. The molecule has 0 aromatic heterocycles. The number of benzene rings is 1. The summed E-state index contributed by atoms with van der Waals surface area (Å²) in [6, 6.07) is 5.51. The van der Waals surface area contributed by atoms with Gasteiger partial charge in [0, 0.05) is 31.7 Å². The van der Waals surface area contributed by atoms with Gasteiger partial charge in [-0.2, -0.15) is 4.31 Å². The van der Waals surface area contributed by atoms with Crippen molar-refractivity contribution in [1.29, 1.82) is 0 Å². The van der Waals surface area contributed by atoms with Crippen LogP contribution in [0.4, 0.5) is 4.39 Å². The summed E-state index contributed by atoms with van der Waals surface area (Å²) in [5, 5.41) is 0. The van der Waals surface area contributed by atoms with Crippen molar-refractivity contribution in [2.24, 2.45) is 0 Å². The quantitative estimate of drug-likeness (QED) is 0.126. The van der Waals surface area contributed by atoms with Gasteiger partial charge in [-0.25, -0.2) is 22.6 Å². The summed E-state index contributed by atoms with van der Waals surface area (Å²) in [5.41, 5.74) is 0.668. The monoisotopic (exact) mass is 449 g/mol. The van der Waals surface area contributed by atoms with Gasteiger partial charge in [0.25, 0.3) is 0 Å². The summed E-state index contributed by atoms with van der Waals surface area (Å²) in [4.78, 5) is 9.47. The predicted molar refractivity (Wildman–Crippen MR) is 111 cm³/mol. The summed E-state index contributed by atoms with van der Waals surface area (Å²) in [6.45, 7) is 8.40. The first-order valence-corrected chi connectivity index (χ1v) is 11.4. The lowest BCUT2D eigenvalue weighted by Crippen LogP contribution is -2.41. The molecule has 0 aliphatic heterocycles. The molecule has 0 aliphatic rings. The second-order valence-electron chi connectivity index (χ2n) is 6.78. The number of halogens is 1. The zero-order valence-corrected chi connectivity index (χ0v) is 18.8. The molecule has 8 nitrogen and oxygen atoms in total. The topological polar surface area (TPSA) is 83.5 Å². The van der Waals surface area contributed by atoms with Crippen LogP contribution in [0.1, 0.15) is 25.8 Å². The summed E-state index contributed by atoms with van der Waals surface area (Å²) in [7, 11) is -1.96. The van der Waals surface area contributed by atoms with Gasteiger partial charge >= 0.3 is 0 Å². The average Bonchev–Trinajstić information content (AvgIpc) is 2.65. The highest BCUT2D eigenvalue weighted by Gasteiger charge is 2.25. The maximum absolute atomic E-state index is 13.0. The van der Waals surface area contributed by atoms with E-state index in [1.165, 1.54) is 23.5 Å². The molecule has 1 rings (SSSR count). The van der Waals surface area contributed by atoms with Gasteiger partial charge in [-0.05, 0) is 38.1 Å². The Morgan fingerprint density at radius 3 is 2.40 bits per heavy atom. The molecule has 0 heterocycles. The number of nitrogens with zero attached hydrogens (tertiary/aromatic N) is 1. The van der Waals surface area contributed by atoms with Crippen LogP contribution < -0.4 is 0 Å². The Bertz CT molecular complexity index is 727. The molecule has 172 valence electrons. The molecule has 1 aromatic carbocycles. The SMILES string of the molecule is C=C(OC(C)CC(C)N(CCOCCOOCOC)S(C)(=O)=O)c1ccc(F)cc1. The van der Waals surface area contributed by atoms with Crippen molar-refractivity contribution in [3.63, 3.8) is 0 Å². The summed E-state index contributed by atoms with van der Waals surface area (Å²) >= 11 is 0. The molecular formula is C20H32FNO7S. The van der Waals surface area contributed by atoms with Crippen LogP contribution in [0.15, 0.2) is 30.8 Å². The second kappa shape index (κ2) is 13.7. The Morgan fingerprint density at radius 1 is 1.13 bits per heavy atom. The average molecular weight is 450 g/mol. The highest BCUT2D eigenvalue weighted by atomic mass is 32.2. The highest BCUT2D eigenvalue weighted by Crippen LogP contribution is 2.20. The maximum Gasteiger partial charge on any atom is 0.211 e. The lowest BCUT2D eigenvalue weighted by Gasteiger charge is -2.29. The molecule has 1 aromatic rings. The molecule has 0 radical (unpaired) electrons. The molecule has 10 heteroatoms. The first-order chi connectivity index (χ1) is 14.1. The van der Waals surface area contributed by atoms with E-state index >= 15 is 0 Å². The highest BCUT2D eigenvalue weighted by molar-refractivity contribution is 7.88. The fraction of sp³-hybridized carbons (Fsp3) is 0.600.